The molecule has 15 heavy (non-hydrogen) atoms. The van der Waals surface area contributed by atoms with Gasteiger partial charge in [-0.25, -0.2) is 4.79 Å². The second kappa shape index (κ2) is 5.51. The van der Waals surface area contributed by atoms with Crippen molar-refractivity contribution in [3.8, 4) is 0 Å². The molecule has 1 rings (SSSR count). The van der Waals surface area contributed by atoms with Crippen molar-refractivity contribution in [3.63, 3.8) is 0 Å². The summed E-state index contributed by atoms with van der Waals surface area (Å²) in [7, 11) is 3.32. The van der Waals surface area contributed by atoms with Crippen molar-refractivity contribution in [1.29, 1.82) is 0 Å². The minimum Gasteiger partial charge on any atom is -0.465 e. The lowest BCUT2D eigenvalue weighted by Gasteiger charge is -2.10. The number of methoxy groups -OCH3 is 1. The molecule has 1 N–H and O–H groups in total. The molecule has 0 aliphatic rings. The number of esters is 1. The standard InChI is InChI=1S/C12H17NO2/c1-9(13-2)7-10-5-4-6-11(8-10)12(14)15-3/h4-6,8-9,13H,7H2,1-3H3/t9-/m0/s1. The molecule has 0 amide bonds. The van der Waals surface area contributed by atoms with Crippen LogP contribution in [-0.2, 0) is 11.2 Å². The highest BCUT2D eigenvalue weighted by atomic mass is 16.5. The van der Waals surface area contributed by atoms with Crippen LogP contribution in [0.4, 0.5) is 0 Å². The fourth-order valence-electron chi connectivity index (χ4n) is 1.40. The quantitative estimate of drug-likeness (QED) is 0.762. The van der Waals surface area contributed by atoms with E-state index in [0.717, 1.165) is 12.0 Å². The second-order valence-corrected chi connectivity index (χ2v) is 3.59. The second-order valence-electron chi connectivity index (χ2n) is 3.59. The Bertz CT molecular complexity index is 336. The maximum Gasteiger partial charge on any atom is 0.337 e. The Labute approximate surface area is 90.4 Å². The van der Waals surface area contributed by atoms with E-state index < -0.39 is 0 Å². The maximum absolute atomic E-state index is 11.3. The number of likely N-dealkylation sites (N-methyl/N-ethyl adjacent to an activating group) is 1. The van der Waals surface area contributed by atoms with Crippen LogP contribution in [-0.4, -0.2) is 26.2 Å². The fourth-order valence-corrected chi connectivity index (χ4v) is 1.40. The van der Waals surface area contributed by atoms with Crippen LogP contribution in [0.2, 0.25) is 0 Å². The first kappa shape index (κ1) is 11.7. The number of hydrogen-bond donors (Lipinski definition) is 1. The molecular formula is C12H17NO2. The Morgan fingerprint density at radius 1 is 1.53 bits per heavy atom. The highest BCUT2D eigenvalue weighted by Gasteiger charge is 2.06. The zero-order valence-electron chi connectivity index (χ0n) is 9.41. The molecule has 3 heteroatoms. The van der Waals surface area contributed by atoms with Crippen molar-refractivity contribution in [3.05, 3.63) is 35.4 Å². The number of rotatable bonds is 4. The van der Waals surface area contributed by atoms with Gasteiger partial charge in [0.25, 0.3) is 0 Å². The molecule has 0 aromatic heterocycles. The summed E-state index contributed by atoms with van der Waals surface area (Å²) in [5.74, 6) is -0.283. The Kier molecular flexibility index (Phi) is 4.31. The van der Waals surface area contributed by atoms with Gasteiger partial charge in [-0.2, -0.15) is 0 Å². The van der Waals surface area contributed by atoms with Gasteiger partial charge < -0.3 is 10.1 Å². The highest BCUT2D eigenvalue weighted by molar-refractivity contribution is 5.89. The molecular weight excluding hydrogens is 190 g/mol. The molecule has 82 valence electrons. The van der Waals surface area contributed by atoms with E-state index in [0.29, 0.717) is 11.6 Å². The molecule has 0 saturated carbocycles. The molecule has 0 spiro atoms. The lowest BCUT2D eigenvalue weighted by Crippen LogP contribution is -2.23. The van der Waals surface area contributed by atoms with E-state index in [-0.39, 0.29) is 5.97 Å². The van der Waals surface area contributed by atoms with E-state index in [1.165, 1.54) is 7.11 Å². The Morgan fingerprint density at radius 3 is 2.87 bits per heavy atom. The third-order valence-electron chi connectivity index (χ3n) is 2.38. The maximum atomic E-state index is 11.3. The van der Waals surface area contributed by atoms with Gasteiger partial charge in [0.1, 0.15) is 0 Å². The van der Waals surface area contributed by atoms with Gasteiger partial charge >= 0.3 is 5.97 Å². The van der Waals surface area contributed by atoms with Crippen molar-refractivity contribution in [1.82, 2.24) is 5.32 Å². The molecule has 0 aliphatic heterocycles. The SMILES string of the molecule is CN[C@@H](C)Cc1cccc(C(=O)OC)c1. The minimum atomic E-state index is -0.283. The van der Waals surface area contributed by atoms with Crippen LogP contribution in [0.3, 0.4) is 0 Å². The summed E-state index contributed by atoms with van der Waals surface area (Å²) >= 11 is 0. The fraction of sp³-hybridized carbons (Fsp3) is 0.417. The summed E-state index contributed by atoms with van der Waals surface area (Å²) in [6.45, 7) is 2.10. The van der Waals surface area contributed by atoms with Crippen molar-refractivity contribution >= 4 is 5.97 Å². The minimum absolute atomic E-state index is 0.283. The van der Waals surface area contributed by atoms with Gasteiger partial charge in [0.2, 0.25) is 0 Å². The first-order valence-electron chi connectivity index (χ1n) is 5.02. The smallest absolute Gasteiger partial charge is 0.337 e. The molecule has 0 unspecified atom stereocenters. The van der Waals surface area contributed by atoms with Gasteiger partial charge in [-0.1, -0.05) is 12.1 Å². The van der Waals surface area contributed by atoms with Crippen molar-refractivity contribution < 1.29 is 9.53 Å². The summed E-state index contributed by atoms with van der Waals surface area (Å²) in [5.41, 5.74) is 1.75. The number of hydrogen-bond acceptors (Lipinski definition) is 3. The molecule has 0 heterocycles. The monoisotopic (exact) mass is 207 g/mol. The van der Waals surface area contributed by atoms with Crippen LogP contribution in [0.25, 0.3) is 0 Å². The van der Waals surface area contributed by atoms with Crippen LogP contribution in [0.15, 0.2) is 24.3 Å². The van der Waals surface area contributed by atoms with Crippen LogP contribution >= 0.6 is 0 Å². The van der Waals surface area contributed by atoms with Gasteiger partial charge in [-0.15, -0.1) is 0 Å². The summed E-state index contributed by atoms with van der Waals surface area (Å²) in [4.78, 5) is 11.3. The molecule has 1 aromatic carbocycles. The number of carbonyl (C=O) groups is 1. The number of benzene rings is 1. The molecule has 0 bridgehead atoms. The lowest BCUT2D eigenvalue weighted by atomic mass is 10.0. The van der Waals surface area contributed by atoms with Crippen LogP contribution in [0.1, 0.15) is 22.8 Å². The topological polar surface area (TPSA) is 38.3 Å². The van der Waals surface area contributed by atoms with Crippen molar-refractivity contribution in [2.45, 2.75) is 19.4 Å². The van der Waals surface area contributed by atoms with Gasteiger partial charge in [0.15, 0.2) is 0 Å². The van der Waals surface area contributed by atoms with E-state index in [2.05, 4.69) is 17.0 Å². The molecule has 0 aliphatic carbocycles. The van der Waals surface area contributed by atoms with Crippen LogP contribution < -0.4 is 5.32 Å². The van der Waals surface area contributed by atoms with E-state index in [9.17, 15) is 4.79 Å². The van der Waals surface area contributed by atoms with E-state index in [1.54, 1.807) is 6.07 Å². The van der Waals surface area contributed by atoms with E-state index in [4.69, 9.17) is 0 Å². The van der Waals surface area contributed by atoms with Crippen LogP contribution in [0.5, 0.6) is 0 Å². The third kappa shape index (κ3) is 3.36. The zero-order chi connectivity index (χ0) is 11.3. The van der Waals surface area contributed by atoms with E-state index >= 15 is 0 Å². The first-order chi connectivity index (χ1) is 7.17. The summed E-state index contributed by atoms with van der Waals surface area (Å²) in [5, 5.41) is 3.16. The average Bonchev–Trinajstić information content (AvgIpc) is 2.28. The Morgan fingerprint density at radius 2 is 2.27 bits per heavy atom. The molecule has 0 fully saturated rings. The number of nitrogens with one attached hydrogen (secondary N) is 1. The first-order valence-corrected chi connectivity index (χ1v) is 5.02. The number of ether oxygens (including phenoxy) is 1. The van der Waals surface area contributed by atoms with Gasteiger partial charge in [0, 0.05) is 6.04 Å². The number of carbonyl (C=O) groups excluding carboxylic acids is 1. The molecule has 0 radical (unpaired) electrons. The predicted octanol–water partition coefficient (Wildman–Crippen LogP) is 1.62. The highest BCUT2D eigenvalue weighted by Crippen LogP contribution is 2.08. The predicted molar refractivity (Wildman–Crippen MR) is 60.0 cm³/mol. The van der Waals surface area contributed by atoms with Gasteiger partial charge in [0.05, 0.1) is 12.7 Å². The Hall–Kier alpha value is -1.35. The summed E-state index contributed by atoms with van der Waals surface area (Å²) in [6, 6.07) is 7.93. The molecule has 3 nitrogen and oxygen atoms in total. The largest absolute Gasteiger partial charge is 0.465 e. The summed E-state index contributed by atoms with van der Waals surface area (Å²) < 4.78 is 4.67. The molecule has 0 saturated heterocycles. The van der Waals surface area contributed by atoms with Crippen LogP contribution in [0, 0.1) is 0 Å². The summed E-state index contributed by atoms with van der Waals surface area (Å²) in [6.07, 6.45) is 0.904. The van der Waals surface area contributed by atoms with Crippen molar-refractivity contribution in [2.24, 2.45) is 0 Å². The molecule has 1 aromatic rings. The van der Waals surface area contributed by atoms with Gasteiger partial charge in [-0.3, -0.25) is 0 Å². The third-order valence-corrected chi connectivity index (χ3v) is 2.38. The normalized spacial score (nSPS) is 12.2. The van der Waals surface area contributed by atoms with Crippen molar-refractivity contribution in [2.75, 3.05) is 14.2 Å². The van der Waals surface area contributed by atoms with E-state index in [1.807, 2.05) is 25.2 Å². The molecule has 1 atom stereocenters. The zero-order valence-corrected chi connectivity index (χ0v) is 9.41. The average molecular weight is 207 g/mol. The Balaban J connectivity index is 2.78. The lowest BCUT2D eigenvalue weighted by molar-refractivity contribution is 0.0600. The van der Waals surface area contributed by atoms with Gasteiger partial charge in [-0.05, 0) is 38.1 Å².